The van der Waals surface area contributed by atoms with Gasteiger partial charge in [-0.15, -0.1) is 0 Å². The second-order valence-electron chi connectivity index (χ2n) is 8.18. The van der Waals surface area contributed by atoms with Crippen LogP contribution in [-0.4, -0.2) is 62.2 Å². The van der Waals surface area contributed by atoms with Crippen LogP contribution in [0.5, 0.6) is 5.75 Å². The molecule has 1 atom stereocenters. The summed E-state index contributed by atoms with van der Waals surface area (Å²) >= 11 is 0. The number of carbonyl (C=O) groups excluding carboxylic acids is 2. The fourth-order valence-corrected chi connectivity index (χ4v) is 4.05. The Bertz CT molecular complexity index is 940. The fourth-order valence-electron chi connectivity index (χ4n) is 4.05. The van der Waals surface area contributed by atoms with Crippen LogP contribution in [0.25, 0.3) is 0 Å². The van der Waals surface area contributed by atoms with Crippen molar-refractivity contribution in [3.05, 3.63) is 54.1 Å². The Balaban J connectivity index is 1.50. The van der Waals surface area contributed by atoms with Gasteiger partial charge in [0.05, 0.1) is 32.0 Å². The zero-order chi connectivity index (χ0) is 21.8. The summed E-state index contributed by atoms with van der Waals surface area (Å²) < 4.78 is 11.4. The molecule has 7 nitrogen and oxygen atoms in total. The number of anilines is 2. The summed E-state index contributed by atoms with van der Waals surface area (Å²) in [5.41, 5.74) is 2.74. The number of fused-ring (bicyclic) bond motifs is 1. The van der Waals surface area contributed by atoms with Crippen molar-refractivity contribution in [1.29, 1.82) is 0 Å². The summed E-state index contributed by atoms with van der Waals surface area (Å²) in [6.07, 6.45) is -0.649. The number of carbonyl (C=O) groups is 2. The average Bonchev–Trinajstić information content (AvgIpc) is 2.79. The van der Waals surface area contributed by atoms with Gasteiger partial charge in [0.2, 0.25) is 5.91 Å². The number of morpholine rings is 1. The molecular weight excluding hydrogens is 394 g/mol. The molecular formula is C24H29N3O4. The van der Waals surface area contributed by atoms with E-state index in [1.807, 2.05) is 53.4 Å². The van der Waals surface area contributed by atoms with Crippen LogP contribution in [0.4, 0.5) is 11.4 Å². The summed E-state index contributed by atoms with van der Waals surface area (Å²) in [7, 11) is 0. The van der Waals surface area contributed by atoms with Crippen LogP contribution < -0.4 is 15.0 Å². The molecule has 2 aromatic carbocycles. The van der Waals surface area contributed by atoms with Gasteiger partial charge in [0, 0.05) is 18.8 Å². The van der Waals surface area contributed by atoms with Crippen LogP contribution in [0.2, 0.25) is 0 Å². The molecule has 1 N–H and O–H groups in total. The highest BCUT2D eigenvalue weighted by molar-refractivity contribution is 5.95. The van der Waals surface area contributed by atoms with Crippen LogP contribution >= 0.6 is 0 Å². The van der Waals surface area contributed by atoms with Crippen LogP contribution in [-0.2, 0) is 14.3 Å². The van der Waals surface area contributed by atoms with Crippen LogP contribution in [0, 0.1) is 0 Å². The Hall–Kier alpha value is -3.06. The molecule has 4 rings (SSSR count). The predicted octanol–water partition coefficient (Wildman–Crippen LogP) is 2.87. The normalized spacial score (nSPS) is 18.4. The SMILES string of the molecule is CC(C)c1ccccc1NC(=O)CN1C[C@H](C(=O)N2CCOCC2)Oc2ccccc21. The number of benzene rings is 2. The third-order valence-electron chi connectivity index (χ3n) is 5.65. The minimum atomic E-state index is -0.649. The minimum Gasteiger partial charge on any atom is -0.477 e. The van der Waals surface area contributed by atoms with Gasteiger partial charge in [-0.05, 0) is 29.7 Å². The fraction of sp³-hybridized carbons (Fsp3) is 0.417. The summed E-state index contributed by atoms with van der Waals surface area (Å²) in [5.74, 6) is 0.739. The quantitative estimate of drug-likeness (QED) is 0.801. The number of hydrogen-bond donors (Lipinski definition) is 1. The lowest BCUT2D eigenvalue weighted by Crippen LogP contribution is -2.53. The first-order valence-corrected chi connectivity index (χ1v) is 10.8. The van der Waals surface area contributed by atoms with Crippen molar-refractivity contribution >= 4 is 23.2 Å². The summed E-state index contributed by atoms with van der Waals surface area (Å²) in [4.78, 5) is 29.7. The Kier molecular flexibility index (Phi) is 6.42. The number of nitrogens with one attached hydrogen (secondary N) is 1. The highest BCUT2D eigenvalue weighted by Gasteiger charge is 2.34. The summed E-state index contributed by atoms with van der Waals surface area (Å²) in [5, 5.41) is 3.04. The monoisotopic (exact) mass is 423 g/mol. The van der Waals surface area contributed by atoms with E-state index < -0.39 is 6.10 Å². The number of nitrogens with zero attached hydrogens (tertiary/aromatic N) is 2. The van der Waals surface area contributed by atoms with Crippen molar-refractivity contribution in [3.8, 4) is 5.75 Å². The molecule has 2 heterocycles. The number of ether oxygens (including phenoxy) is 2. The first-order valence-electron chi connectivity index (χ1n) is 10.8. The first kappa shape index (κ1) is 21.2. The van der Waals surface area contributed by atoms with E-state index >= 15 is 0 Å². The van der Waals surface area contributed by atoms with Crippen molar-refractivity contribution in [2.24, 2.45) is 0 Å². The van der Waals surface area contributed by atoms with Gasteiger partial charge in [-0.1, -0.05) is 44.2 Å². The predicted molar refractivity (Wildman–Crippen MR) is 120 cm³/mol. The second-order valence-corrected chi connectivity index (χ2v) is 8.18. The van der Waals surface area contributed by atoms with Gasteiger partial charge >= 0.3 is 0 Å². The third kappa shape index (κ3) is 4.82. The van der Waals surface area contributed by atoms with Crippen LogP contribution in [0.1, 0.15) is 25.3 Å². The molecule has 1 fully saturated rings. The van der Waals surface area contributed by atoms with Crippen molar-refractivity contribution in [1.82, 2.24) is 4.90 Å². The molecule has 7 heteroatoms. The van der Waals surface area contributed by atoms with Gasteiger partial charge in [-0.3, -0.25) is 9.59 Å². The number of amides is 2. The van der Waals surface area contributed by atoms with Gasteiger partial charge in [-0.2, -0.15) is 0 Å². The largest absolute Gasteiger partial charge is 0.477 e. The van der Waals surface area contributed by atoms with Gasteiger partial charge in [0.1, 0.15) is 5.75 Å². The standard InChI is InChI=1S/C24H29N3O4/c1-17(2)18-7-3-4-8-19(18)25-23(28)16-27-15-22(24(29)26-11-13-30-14-12-26)31-21-10-6-5-9-20(21)27/h3-10,17,22H,11-16H2,1-2H3,(H,25,28)/t22-/m1/s1. The lowest BCUT2D eigenvalue weighted by molar-refractivity contribution is -0.142. The maximum absolute atomic E-state index is 13.0. The van der Waals surface area contributed by atoms with E-state index in [2.05, 4.69) is 19.2 Å². The Morgan fingerprint density at radius 1 is 1.06 bits per heavy atom. The lowest BCUT2D eigenvalue weighted by atomic mass is 10.0. The summed E-state index contributed by atoms with van der Waals surface area (Å²) in [6, 6.07) is 15.4. The average molecular weight is 424 g/mol. The van der Waals surface area contributed by atoms with Gasteiger partial charge in [0.25, 0.3) is 5.91 Å². The minimum absolute atomic E-state index is 0.0617. The molecule has 0 radical (unpaired) electrons. The summed E-state index contributed by atoms with van der Waals surface area (Å²) in [6.45, 7) is 6.87. The third-order valence-corrected chi connectivity index (χ3v) is 5.65. The zero-order valence-corrected chi connectivity index (χ0v) is 18.0. The number of rotatable bonds is 5. The molecule has 2 aliphatic rings. The second kappa shape index (κ2) is 9.39. The molecule has 31 heavy (non-hydrogen) atoms. The molecule has 0 saturated carbocycles. The van der Waals surface area contributed by atoms with Crippen molar-refractivity contribution in [2.75, 3.05) is 49.6 Å². The maximum atomic E-state index is 13.0. The van der Waals surface area contributed by atoms with Crippen LogP contribution in [0.15, 0.2) is 48.5 Å². The number of para-hydroxylation sites is 3. The molecule has 2 aromatic rings. The zero-order valence-electron chi connectivity index (χ0n) is 18.0. The molecule has 2 amide bonds. The van der Waals surface area contributed by atoms with E-state index in [4.69, 9.17) is 9.47 Å². The maximum Gasteiger partial charge on any atom is 0.265 e. The first-order chi connectivity index (χ1) is 15.0. The molecule has 2 aliphatic heterocycles. The molecule has 1 saturated heterocycles. The highest BCUT2D eigenvalue weighted by atomic mass is 16.5. The smallest absolute Gasteiger partial charge is 0.265 e. The van der Waals surface area contributed by atoms with Crippen molar-refractivity contribution in [2.45, 2.75) is 25.9 Å². The molecule has 0 unspecified atom stereocenters. The lowest BCUT2D eigenvalue weighted by Gasteiger charge is -2.38. The van der Waals surface area contributed by atoms with E-state index in [1.54, 1.807) is 4.90 Å². The Morgan fingerprint density at radius 2 is 1.77 bits per heavy atom. The highest BCUT2D eigenvalue weighted by Crippen LogP contribution is 2.33. The van der Waals surface area contributed by atoms with E-state index in [-0.39, 0.29) is 18.4 Å². The molecule has 0 aliphatic carbocycles. The van der Waals surface area contributed by atoms with E-state index in [9.17, 15) is 9.59 Å². The Morgan fingerprint density at radius 3 is 2.55 bits per heavy atom. The Labute approximate surface area is 182 Å². The van der Waals surface area contributed by atoms with Gasteiger partial charge < -0.3 is 24.6 Å². The van der Waals surface area contributed by atoms with E-state index in [1.165, 1.54) is 0 Å². The van der Waals surface area contributed by atoms with Gasteiger partial charge in [-0.25, -0.2) is 0 Å². The molecule has 0 spiro atoms. The molecule has 0 aromatic heterocycles. The number of hydrogen-bond acceptors (Lipinski definition) is 5. The van der Waals surface area contributed by atoms with Crippen molar-refractivity contribution < 1.29 is 19.1 Å². The molecule has 164 valence electrons. The topological polar surface area (TPSA) is 71.1 Å². The van der Waals surface area contributed by atoms with E-state index in [0.717, 1.165) is 16.9 Å². The van der Waals surface area contributed by atoms with Crippen molar-refractivity contribution in [3.63, 3.8) is 0 Å². The van der Waals surface area contributed by atoms with E-state index in [0.29, 0.717) is 44.5 Å². The van der Waals surface area contributed by atoms with Crippen LogP contribution in [0.3, 0.4) is 0 Å². The van der Waals surface area contributed by atoms with Gasteiger partial charge in [0.15, 0.2) is 6.10 Å². The molecule has 0 bridgehead atoms.